The van der Waals surface area contributed by atoms with E-state index in [2.05, 4.69) is 22.5 Å². The number of aromatic nitrogens is 1. The lowest BCUT2D eigenvalue weighted by atomic mass is 10.2. The highest BCUT2D eigenvalue weighted by atomic mass is 32.1. The summed E-state index contributed by atoms with van der Waals surface area (Å²) in [4.78, 5) is 15.7. The Labute approximate surface area is 106 Å². The molecule has 2 rings (SSSR count). The average molecular weight is 253 g/mol. The Bertz CT molecular complexity index is 349. The summed E-state index contributed by atoms with van der Waals surface area (Å²) in [6, 6.07) is 0.756. The molecule has 0 radical (unpaired) electrons. The predicted molar refractivity (Wildman–Crippen MR) is 68.9 cm³/mol. The van der Waals surface area contributed by atoms with Gasteiger partial charge in [0.1, 0.15) is 5.01 Å². The average Bonchev–Trinajstić information content (AvgIpc) is 2.96. The molecule has 1 aromatic heterocycles. The van der Waals surface area contributed by atoms with Crippen LogP contribution >= 0.6 is 11.3 Å². The molecule has 4 nitrogen and oxygen atoms in total. The Hall–Kier alpha value is -0.940. The second-order valence-corrected chi connectivity index (χ2v) is 5.42. The third kappa shape index (κ3) is 4.44. The van der Waals surface area contributed by atoms with Gasteiger partial charge >= 0.3 is 0 Å². The molecular weight excluding hydrogens is 234 g/mol. The van der Waals surface area contributed by atoms with Crippen LogP contribution in [0.4, 0.5) is 0 Å². The first-order chi connectivity index (χ1) is 8.25. The summed E-state index contributed by atoms with van der Waals surface area (Å²) in [7, 11) is 0. The van der Waals surface area contributed by atoms with Crippen molar-refractivity contribution in [3.8, 4) is 0 Å². The number of nitrogens with one attached hydrogen (secondary N) is 2. The van der Waals surface area contributed by atoms with E-state index in [0.717, 1.165) is 30.8 Å². The van der Waals surface area contributed by atoms with Gasteiger partial charge in [-0.1, -0.05) is 0 Å². The summed E-state index contributed by atoms with van der Waals surface area (Å²) in [5.74, 6) is 0.191. The van der Waals surface area contributed by atoms with Crippen molar-refractivity contribution in [1.82, 2.24) is 15.6 Å². The van der Waals surface area contributed by atoms with E-state index in [1.54, 1.807) is 11.3 Å². The van der Waals surface area contributed by atoms with Crippen LogP contribution in [0.15, 0.2) is 11.6 Å². The van der Waals surface area contributed by atoms with Gasteiger partial charge in [-0.25, -0.2) is 4.98 Å². The summed E-state index contributed by atoms with van der Waals surface area (Å²) in [6.07, 6.45) is 5.64. The fraction of sp³-hybridized carbons (Fsp3) is 0.667. The molecule has 0 spiro atoms. The molecule has 94 valence electrons. The second-order valence-electron chi connectivity index (χ2n) is 4.49. The molecule has 1 fully saturated rings. The van der Waals surface area contributed by atoms with Crippen molar-refractivity contribution in [3.63, 3.8) is 0 Å². The molecule has 1 unspecified atom stereocenters. The van der Waals surface area contributed by atoms with Gasteiger partial charge in [0.2, 0.25) is 5.91 Å². The summed E-state index contributed by atoms with van der Waals surface area (Å²) in [5, 5.41) is 9.46. The fourth-order valence-electron chi connectivity index (χ4n) is 1.63. The highest BCUT2D eigenvalue weighted by Crippen LogP contribution is 2.18. The molecule has 1 aromatic rings. The van der Waals surface area contributed by atoms with E-state index < -0.39 is 0 Å². The maximum Gasteiger partial charge on any atom is 0.220 e. The van der Waals surface area contributed by atoms with Gasteiger partial charge in [-0.05, 0) is 32.7 Å². The third-order valence-corrected chi connectivity index (χ3v) is 3.75. The molecule has 2 N–H and O–H groups in total. The molecule has 1 aliphatic rings. The normalized spacial score (nSPS) is 16.8. The minimum absolute atomic E-state index is 0.191. The molecule has 0 bridgehead atoms. The minimum Gasteiger partial charge on any atom is -0.353 e. The van der Waals surface area contributed by atoms with E-state index in [-0.39, 0.29) is 11.9 Å². The van der Waals surface area contributed by atoms with Crippen LogP contribution in [0.5, 0.6) is 0 Å². The topological polar surface area (TPSA) is 54.0 Å². The lowest BCUT2D eigenvalue weighted by molar-refractivity contribution is -0.121. The van der Waals surface area contributed by atoms with E-state index in [1.807, 2.05) is 11.6 Å². The Kier molecular flexibility index (Phi) is 4.50. The SMILES string of the molecule is CC(NCCCC(=O)NC1CC1)c1nccs1. The minimum atomic E-state index is 0.191. The molecule has 17 heavy (non-hydrogen) atoms. The molecule has 1 heterocycles. The van der Waals surface area contributed by atoms with Crippen LogP contribution in [-0.4, -0.2) is 23.5 Å². The van der Waals surface area contributed by atoms with Crippen molar-refractivity contribution < 1.29 is 4.79 Å². The molecule has 1 saturated carbocycles. The zero-order valence-corrected chi connectivity index (χ0v) is 10.9. The summed E-state index contributed by atoms with van der Waals surface area (Å²) in [5.41, 5.74) is 0. The van der Waals surface area contributed by atoms with Crippen LogP contribution in [0.2, 0.25) is 0 Å². The number of thiazole rings is 1. The molecule has 0 saturated heterocycles. The van der Waals surface area contributed by atoms with Crippen molar-refractivity contribution >= 4 is 17.2 Å². The zero-order chi connectivity index (χ0) is 12.1. The van der Waals surface area contributed by atoms with Gasteiger partial charge in [-0.3, -0.25) is 4.79 Å². The van der Waals surface area contributed by atoms with Crippen LogP contribution < -0.4 is 10.6 Å². The summed E-state index contributed by atoms with van der Waals surface area (Å²) >= 11 is 1.66. The number of nitrogens with zero attached hydrogens (tertiary/aromatic N) is 1. The Morgan fingerprint density at radius 1 is 1.65 bits per heavy atom. The number of hydrogen-bond donors (Lipinski definition) is 2. The van der Waals surface area contributed by atoms with Crippen LogP contribution in [0.25, 0.3) is 0 Å². The van der Waals surface area contributed by atoms with Crippen LogP contribution in [0.1, 0.15) is 43.7 Å². The van der Waals surface area contributed by atoms with E-state index in [0.29, 0.717) is 12.5 Å². The zero-order valence-electron chi connectivity index (χ0n) is 10.1. The first-order valence-corrected chi connectivity index (χ1v) is 7.06. The number of amides is 1. The van der Waals surface area contributed by atoms with Crippen LogP contribution in [0.3, 0.4) is 0 Å². The van der Waals surface area contributed by atoms with Crippen molar-refractivity contribution in [3.05, 3.63) is 16.6 Å². The summed E-state index contributed by atoms with van der Waals surface area (Å²) in [6.45, 7) is 2.96. The molecule has 1 amide bonds. The highest BCUT2D eigenvalue weighted by Gasteiger charge is 2.22. The fourth-order valence-corrected chi connectivity index (χ4v) is 2.30. The van der Waals surface area contributed by atoms with Gasteiger partial charge in [0.15, 0.2) is 0 Å². The van der Waals surface area contributed by atoms with Crippen molar-refractivity contribution in [2.24, 2.45) is 0 Å². The van der Waals surface area contributed by atoms with E-state index in [9.17, 15) is 4.79 Å². The maximum atomic E-state index is 11.4. The van der Waals surface area contributed by atoms with Crippen molar-refractivity contribution in [1.29, 1.82) is 0 Å². The number of carbonyl (C=O) groups is 1. The Morgan fingerprint density at radius 3 is 3.12 bits per heavy atom. The molecule has 1 aliphatic carbocycles. The number of hydrogen-bond acceptors (Lipinski definition) is 4. The first-order valence-electron chi connectivity index (χ1n) is 6.18. The van der Waals surface area contributed by atoms with E-state index in [1.165, 1.54) is 0 Å². The monoisotopic (exact) mass is 253 g/mol. The largest absolute Gasteiger partial charge is 0.353 e. The number of rotatable bonds is 7. The van der Waals surface area contributed by atoms with Crippen molar-refractivity contribution in [2.75, 3.05) is 6.54 Å². The highest BCUT2D eigenvalue weighted by molar-refractivity contribution is 7.09. The molecular formula is C12H19N3OS. The van der Waals surface area contributed by atoms with Gasteiger partial charge in [-0.2, -0.15) is 0 Å². The molecule has 5 heteroatoms. The molecule has 1 atom stereocenters. The maximum absolute atomic E-state index is 11.4. The summed E-state index contributed by atoms with van der Waals surface area (Å²) < 4.78 is 0. The van der Waals surface area contributed by atoms with Crippen LogP contribution in [0, 0.1) is 0 Å². The van der Waals surface area contributed by atoms with Gasteiger partial charge in [0.05, 0.1) is 6.04 Å². The Morgan fingerprint density at radius 2 is 2.47 bits per heavy atom. The lowest BCUT2D eigenvalue weighted by Crippen LogP contribution is -2.27. The van der Waals surface area contributed by atoms with Crippen molar-refractivity contribution in [2.45, 2.75) is 44.7 Å². The molecule has 0 aliphatic heterocycles. The van der Waals surface area contributed by atoms with Gasteiger partial charge in [-0.15, -0.1) is 11.3 Å². The van der Waals surface area contributed by atoms with Gasteiger partial charge in [0, 0.05) is 24.0 Å². The predicted octanol–water partition coefficient (Wildman–Crippen LogP) is 1.85. The number of carbonyl (C=O) groups excluding carboxylic acids is 1. The first kappa shape index (κ1) is 12.5. The van der Waals surface area contributed by atoms with Gasteiger partial charge in [0.25, 0.3) is 0 Å². The molecule has 0 aromatic carbocycles. The third-order valence-electron chi connectivity index (χ3n) is 2.80. The Balaban J connectivity index is 1.54. The van der Waals surface area contributed by atoms with E-state index in [4.69, 9.17) is 0 Å². The smallest absolute Gasteiger partial charge is 0.220 e. The second kappa shape index (κ2) is 6.12. The van der Waals surface area contributed by atoms with Gasteiger partial charge < -0.3 is 10.6 Å². The quantitative estimate of drug-likeness (QED) is 0.729. The van der Waals surface area contributed by atoms with Crippen LogP contribution in [-0.2, 0) is 4.79 Å². The van der Waals surface area contributed by atoms with E-state index >= 15 is 0 Å². The lowest BCUT2D eigenvalue weighted by Gasteiger charge is -2.10. The standard InChI is InChI=1S/C12H19N3OS/c1-9(12-14-7-8-17-12)13-6-2-3-11(16)15-10-4-5-10/h7-10,13H,2-6H2,1H3,(H,15,16).